The van der Waals surface area contributed by atoms with Crippen molar-refractivity contribution in [1.29, 1.82) is 0 Å². The lowest BCUT2D eigenvalue weighted by atomic mass is 9.62. The zero-order chi connectivity index (χ0) is 12.1. The molecule has 1 spiro atoms. The normalized spacial score (nSPS) is 54.2. The van der Waals surface area contributed by atoms with Gasteiger partial charge in [-0.1, -0.05) is 19.8 Å². The second kappa shape index (κ2) is 3.67. The molecule has 0 aromatic carbocycles. The second-order valence-corrected chi connectivity index (χ2v) is 6.14. The van der Waals surface area contributed by atoms with Crippen LogP contribution in [0, 0.1) is 5.41 Å². The summed E-state index contributed by atoms with van der Waals surface area (Å²) in [6.07, 6.45) is 6.16. The van der Waals surface area contributed by atoms with Gasteiger partial charge in [-0.15, -0.1) is 0 Å². The van der Waals surface area contributed by atoms with E-state index in [1.807, 2.05) is 6.92 Å². The molecule has 4 heteroatoms. The van der Waals surface area contributed by atoms with Gasteiger partial charge < -0.3 is 9.47 Å². The molecule has 4 nitrogen and oxygen atoms in total. The molecule has 1 aliphatic carbocycles. The smallest absolute Gasteiger partial charge is 0.201 e. The van der Waals surface area contributed by atoms with Crippen LogP contribution in [-0.2, 0) is 19.2 Å². The molecule has 17 heavy (non-hydrogen) atoms. The Hall–Kier alpha value is -0.160. The molecule has 4 atom stereocenters. The maximum absolute atomic E-state index is 6.00. The maximum Gasteiger partial charge on any atom is 0.201 e. The molecular weight excluding hydrogens is 220 g/mol. The van der Waals surface area contributed by atoms with Gasteiger partial charge in [0.1, 0.15) is 0 Å². The number of methoxy groups -OCH3 is 1. The third kappa shape index (κ3) is 1.51. The van der Waals surface area contributed by atoms with Crippen molar-refractivity contribution in [3.8, 4) is 0 Å². The van der Waals surface area contributed by atoms with Crippen molar-refractivity contribution in [3.05, 3.63) is 0 Å². The first-order chi connectivity index (χ1) is 8.04. The Morgan fingerprint density at radius 1 is 1.00 bits per heavy atom. The van der Waals surface area contributed by atoms with Crippen LogP contribution < -0.4 is 0 Å². The van der Waals surface area contributed by atoms with Crippen molar-refractivity contribution in [1.82, 2.24) is 0 Å². The van der Waals surface area contributed by atoms with Gasteiger partial charge in [0.15, 0.2) is 11.9 Å². The SMILES string of the molecule is CO[C@@H]1O[C@@]2(C)CC[C@@]3(C)CCCC[C@@]13OO2. The first-order valence-corrected chi connectivity index (χ1v) is 6.61. The van der Waals surface area contributed by atoms with E-state index < -0.39 is 11.4 Å². The molecule has 1 saturated carbocycles. The van der Waals surface area contributed by atoms with Crippen molar-refractivity contribution >= 4 is 0 Å². The zero-order valence-electron chi connectivity index (χ0n) is 11.0. The molecular formula is C13H22O4. The van der Waals surface area contributed by atoms with E-state index in [1.165, 1.54) is 6.42 Å². The summed E-state index contributed by atoms with van der Waals surface area (Å²) in [7, 11) is 1.70. The molecule has 0 radical (unpaired) electrons. The number of hydrogen-bond acceptors (Lipinski definition) is 4. The first-order valence-electron chi connectivity index (χ1n) is 6.61. The van der Waals surface area contributed by atoms with Gasteiger partial charge >= 0.3 is 0 Å². The van der Waals surface area contributed by atoms with Crippen LogP contribution in [0.25, 0.3) is 0 Å². The molecule has 0 amide bonds. The van der Waals surface area contributed by atoms with Crippen molar-refractivity contribution in [2.75, 3.05) is 7.11 Å². The van der Waals surface area contributed by atoms with E-state index in [4.69, 9.17) is 19.2 Å². The Balaban J connectivity index is 2.04. The Morgan fingerprint density at radius 3 is 2.53 bits per heavy atom. The lowest BCUT2D eigenvalue weighted by molar-refractivity contribution is -0.553. The quantitative estimate of drug-likeness (QED) is 0.662. The van der Waals surface area contributed by atoms with Gasteiger partial charge in [-0.25, -0.2) is 9.78 Å². The van der Waals surface area contributed by atoms with Crippen LogP contribution in [0.1, 0.15) is 52.4 Å². The Kier molecular flexibility index (Phi) is 2.57. The van der Waals surface area contributed by atoms with Gasteiger partial charge in [-0.2, -0.15) is 0 Å². The Bertz CT molecular complexity index is 321. The van der Waals surface area contributed by atoms with Crippen molar-refractivity contribution in [3.63, 3.8) is 0 Å². The van der Waals surface area contributed by atoms with Crippen LogP contribution in [0.3, 0.4) is 0 Å². The monoisotopic (exact) mass is 242 g/mol. The zero-order valence-corrected chi connectivity index (χ0v) is 11.0. The predicted octanol–water partition coefficient (Wildman–Crippen LogP) is 2.77. The van der Waals surface area contributed by atoms with E-state index in [1.54, 1.807) is 7.11 Å². The second-order valence-electron chi connectivity index (χ2n) is 6.14. The summed E-state index contributed by atoms with van der Waals surface area (Å²) < 4.78 is 11.6. The van der Waals surface area contributed by atoms with Crippen LogP contribution in [0.2, 0.25) is 0 Å². The van der Waals surface area contributed by atoms with E-state index in [0.717, 1.165) is 32.1 Å². The Morgan fingerprint density at radius 2 is 1.76 bits per heavy atom. The number of fused-ring (bicyclic) bond motifs is 3. The lowest BCUT2D eigenvalue weighted by Crippen LogP contribution is -2.62. The van der Waals surface area contributed by atoms with Gasteiger partial charge in [0.05, 0.1) is 0 Å². The molecule has 2 bridgehead atoms. The minimum atomic E-state index is -0.647. The minimum Gasteiger partial charge on any atom is -0.353 e. The van der Waals surface area contributed by atoms with Crippen LogP contribution >= 0.6 is 0 Å². The van der Waals surface area contributed by atoms with Gasteiger partial charge in [-0.3, -0.25) is 0 Å². The van der Waals surface area contributed by atoms with Crippen molar-refractivity contribution < 1.29 is 19.2 Å². The van der Waals surface area contributed by atoms with E-state index in [9.17, 15) is 0 Å². The molecule has 98 valence electrons. The summed E-state index contributed by atoms with van der Waals surface area (Å²) in [5.41, 5.74) is -0.323. The summed E-state index contributed by atoms with van der Waals surface area (Å²) in [5, 5.41) is 0. The van der Waals surface area contributed by atoms with Crippen LogP contribution in [-0.4, -0.2) is 24.8 Å². The predicted molar refractivity (Wildman–Crippen MR) is 61.0 cm³/mol. The highest BCUT2D eigenvalue weighted by Gasteiger charge is 2.65. The standard InChI is InChI=1S/C13H22O4/c1-11-6-4-5-7-13(11)10(14-3)15-12(2,9-8-11)16-17-13/h10H,4-9H2,1-3H3/t10-,11-,12-,13-/m1/s1. The summed E-state index contributed by atoms with van der Waals surface area (Å²) >= 11 is 0. The molecule has 3 saturated heterocycles. The molecule has 3 heterocycles. The summed E-state index contributed by atoms with van der Waals surface area (Å²) in [5.74, 6) is -0.647. The average Bonchev–Trinajstić information content (AvgIpc) is 2.51. The Labute approximate surface area is 102 Å². The van der Waals surface area contributed by atoms with E-state index in [-0.39, 0.29) is 11.7 Å². The summed E-state index contributed by atoms with van der Waals surface area (Å²) in [6.45, 7) is 4.23. The largest absolute Gasteiger partial charge is 0.353 e. The third-order valence-corrected chi connectivity index (χ3v) is 5.00. The van der Waals surface area contributed by atoms with E-state index in [0.29, 0.717) is 0 Å². The molecule has 4 fully saturated rings. The van der Waals surface area contributed by atoms with Gasteiger partial charge in [0.2, 0.25) is 5.79 Å². The van der Waals surface area contributed by atoms with Crippen LogP contribution in [0.15, 0.2) is 0 Å². The van der Waals surface area contributed by atoms with Crippen LogP contribution in [0.5, 0.6) is 0 Å². The van der Waals surface area contributed by atoms with Crippen molar-refractivity contribution in [2.45, 2.75) is 70.1 Å². The molecule has 0 aromatic heterocycles. The molecule has 0 aromatic rings. The van der Waals surface area contributed by atoms with Crippen LogP contribution in [0.4, 0.5) is 0 Å². The molecule has 3 aliphatic heterocycles. The molecule has 0 N–H and O–H groups in total. The highest BCUT2D eigenvalue weighted by molar-refractivity contribution is 5.06. The van der Waals surface area contributed by atoms with Crippen molar-refractivity contribution in [2.24, 2.45) is 5.41 Å². The number of hydrogen-bond donors (Lipinski definition) is 0. The average molecular weight is 242 g/mol. The van der Waals surface area contributed by atoms with E-state index >= 15 is 0 Å². The highest BCUT2D eigenvalue weighted by atomic mass is 17.3. The fourth-order valence-corrected chi connectivity index (χ4v) is 3.68. The number of ether oxygens (including phenoxy) is 2. The topological polar surface area (TPSA) is 36.9 Å². The molecule has 4 rings (SSSR count). The minimum absolute atomic E-state index is 0.0974. The third-order valence-electron chi connectivity index (χ3n) is 5.00. The molecule has 0 unspecified atom stereocenters. The van der Waals surface area contributed by atoms with E-state index in [2.05, 4.69) is 6.92 Å². The summed E-state index contributed by atoms with van der Waals surface area (Å²) in [6, 6.07) is 0. The number of rotatable bonds is 1. The summed E-state index contributed by atoms with van der Waals surface area (Å²) in [4.78, 5) is 11.4. The highest BCUT2D eigenvalue weighted by Crippen LogP contribution is 2.58. The van der Waals surface area contributed by atoms with Gasteiger partial charge in [0, 0.05) is 18.9 Å². The maximum atomic E-state index is 6.00. The van der Waals surface area contributed by atoms with Gasteiger partial charge in [-0.05, 0) is 26.2 Å². The molecule has 4 aliphatic rings. The first kappa shape index (κ1) is 11.9. The lowest BCUT2D eigenvalue weighted by Gasteiger charge is -2.53. The fraction of sp³-hybridized carbons (Fsp3) is 1.00. The van der Waals surface area contributed by atoms with Gasteiger partial charge in [0.25, 0.3) is 0 Å². The fourth-order valence-electron chi connectivity index (χ4n) is 3.68.